The number of imidazole rings is 1. The lowest BCUT2D eigenvalue weighted by molar-refractivity contribution is -0.117. The maximum absolute atomic E-state index is 12.8. The number of benzene rings is 2. The molecule has 0 unspecified atom stereocenters. The molecule has 0 spiro atoms. The summed E-state index contributed by atoms with van der Waals surface area (Å²) in [6.07, 6.45) is 1.66. The van der Waals surface area contributed by atoms with Crippen molar-refractivity contribution < 1.29 is 4.79 Å². The zero-order valence-corrected chi connectivity index (χ0v) is 16.4. The van der Waals surface area contributed by atoms with Crippen LogP contribution in [0.1, 0.15) is 44.0 Å². The molecule has 1 aliphatic rings. The van der Waals surface area contributed by atoms with Crippen molar-refractivity contribution in [2.24, 2.45) is 5.92 Å². The van der Waals surface area contributed by atoms with Gasteiger partial charge in [-0.1, -0.05) is 50.6 Å². The summed E-state index contributed by atoms with van der Waals surface area (Å²) < 4.78 is 2.35. The van der Waals surface area contributed by atoms with Gasteiger partial charge >= 0.3 is 0 Å². The van der Waals surface area contributed by atoms with Crippen molar-refractivity contribution in [3.05, 3.63) is 59.9 Å². The lowest BCUT2D eigenvalue weighted by Gasteiger charge is -2.20. The number of rotatable bonds is 5. The van der Waals surface area contributed by atoms with E-state index < -0.39 is 0 Å². The summed E-state index contributed by atoms with van der Waals surface area (Å²) in [5, 5.41) is 0. The molecule has 140 valence electrons. The van der Waals surface area contributed by atoms with Crippen LogP contribution in [0.4, 0.5) is 5.69 Å². The Morgan fingerprint density at radius 1 is 1.15 bits per heavy atom. The number of carbonyl (C=O) groups excluding carboxylic acids is 1. The fraction of sp³-hybridized carbons (Fsp3) is 0.391. The van der Waals surface area contributed by atoms with Crippen LogP contribution in [0.2, 0.25) is 0 Å². The second-order valence-corrected chi connectivity index (χ2v) is 7.77. The van der Waals surface area contributed by atoms with Gasteiger partial charge < -0.3 is 9.47 Å². The summed E-state index contributed by atoms with van der Waals surface area (Å²) in [6.45, 7) is 8.21. The molecule has 4 heteroatoms. The van der Waals surface area contributed by atoms with E-state index in [9.17, 15) is 4.79 Å². The van der Waals surface area contributed by atoms with E-state index in [1.165, 1.54) is 5.52 Å². The Kier molecular flexibility index (Phi) is 4.73. The quantitative estimate of drug-likeness (QED) is 0.647. The molecule has 0 saturated carbocycles. The molecule has 4 nitrogen and oxygen atoms in total. The third-order valence-electron chi connectivity index (χ3n) is 5.77. The van der Waals surface area contributed by atoms with Gasteiger partial charge in [-0.2, -0.15) is 0 Å². The number of amides is 1. The Morgan fingerprint density at radius 2 is 1.89 bits per heavy atom. The largest absolute Gasteiger partial charge is 0.327 e. The van der Waals surface area contributed by atoms with E-state index in [0.29, 0.717) is 18.9 Å². The van der Waals surface area contributed by atoms with Gasteiger partial charge in [0.15, 0.2) is 0 Å². The molecule has 3 aromatic rings. The van der Waals surface area contributed by atoms with Crippen LogP contribution in [-0.2, 0) is 11.3 Å². The number of nitrogens with zero attached hydrogens (tertiary/aromatic N) is 3. The lowest BCUT2D eigenvalue weighted by atomic mass is 10.1. The molecule has 0 N–H and O–H groups in total. The molecule has 1 amide bonds. The van der Waals surface area contributed by atoms with Crippen LogP contribution in [-0.4, -0.2) is 22.0 Å². The summed E-state index contributed by atoms with van der Waals surface area (Å²) in [6, 6.07) is 16.4. The number of para-hydroxylation sites is 3. The van der Waals surface area contributed by atoms with Crippen LogP contribution in [0.3, 0.4) is 0 Å². The summed E-state index contributed by atoms with van der Waals surface area (Å²) in [4.78, 5) is 19.7. The minimum atomic E-state index is 0.133. The Labute approximate surface area is 160 Å². The van der Waals surface area contributed by atoms with Crippen LogP contribution in [0.25, 0.3) is 11.0 Å². The first-order valence-electron chi connectivity index (χ1n) is 9.89. The molecule has 2 heterocycles. The van der Waals surface area contributed by atoms with Gasteiger partial charge in [0.25, 0.3) is 0 Å². The van der Waals surface area contributed by atoms with E-state index in [1.807, 2.05) is 29.2 Å². The van der Waals surface area contributed by atoms with Crippen LogP contribution in [0.5, 0.6) is 0 Å². The highest BCUT2D eigenvalue weighted by Crippen LogP contribution is 2.34. The van der Waals surface area contributed by atoms with Crippen LogP contribution in [0, 0.1) is 12.8 Å². The zero-order valence-electron chi connectivity index (χ0n) is 16.4. The van der Waals surface area contributed by atoms with Crippen molar-refractivity contribution in [1.82, 2.24) is 9.55 Å². The minimum absolute atomic E-state index is 0.133. The molecule has 0 aliphatic carbocycles. The molecule has 4 rings (SSSR count). The second-order valence-electron chi connectivity index (χ2n) is 7.77. The molecule has 1 aliphatic heterocycles. The number of aromatic nitrogens is 2. The first kappa shape index (κ1) is 17.8. The fourth-order valence-electron chi connectivity index (χ4n) is 4.02. The van der Waals surface area contributed by atoms with Gasteiger partial charge in [-0.05, 0) is 36.6 Å². The Balaban J connectivity index is 1.71. The van der Waals surface area contributed by atoms with Crippen molar-refractivity contribution in [3.8, 4) is 0 Å². The van der Waals surface area contributed by atoms with Crippen molar-refractivity contribution in [1.29, 1.82) is 0 Å². The van der Waals surface area contributed by atoms with Gasteiger partial charge in [0.2, 0.25) is 5.91 Å². The summed E-state index contributed by atoms with van der Waals surface area (Å²) in [7, 11) is 0. The van der Waals surface area contributed by atoms with Gasteiger partial charge in [-0.15, -0.1) is 0 Å². The molecule has 2 aromatic carbocycles. The highest BCUT2D eigenvalue weighted by Gasteiger charge is 2.35. The van der Waals surface area contributed by atoms with Crippen LogP contribution < -0.4 is 4.90 Å². The zero-order chi connectivity index (χ0) is 19.0. The third kappa shape index (κ3) is 3.25. The average Bonchev–Trinajstić information content (AvgIpc) is 3.23. The molecule has 1 aromatic heterocycles. The van der Waals surface area contributed by atoms with Gasteiger partial charge in [-0.25, -0.2) is 4.98 Å². The monoisotopic (exact) mass is 361 g/mol. The number of hydrogen-bond acceptors (Lipinski definition) is 2. The number of hydrogen-bond donors (Lipinski definition) is 0. The standard InChI is InChI=1S/C23H27N3O/c1-4-16(2)14-26-21-12-8-6-10-19(21)24-23(26)18-13-22(27)25(15-18)20-11-7-5-9-17(20)3/h5-12,16,18H,4,13-15H2,1-3H3/t16-,18+/m0/s1. The fourth-order valence-corrected chi connectivity index (χ4v) is 4.02. The lowest BCUT2D eigenvalue weighted by Crippen LogP contribution is -2.25. The van der Waals surface area contributed by atoms with Crippen molar-refractivity contribution in [2.75, 3.05) is 11.4 Å². The van der Waals surface area contributed by atoms with Crippen molar-refractivity contribution in [3.63, 3.8) is 0 Å². The molecule has 1 fully saturated rings. The topological polar surface area (TPSA) is 38.1 Å². The van der Waals surface area contributed by atoms with E-state index in [2.05, 4.69) is 49.6 Å². The molecule has 27 heavy (non-hydrogen) atoms. The predicted octanol–water partition coefficient (Wildman–Crippen LogP) is 4.91. The highest BCUT2D eigenvalue weighted by atomic mass is 16.2. The molecule has 0 radical (unpaired) electrons. The maximum atomic E-state index is 12.8. The minimum Gasteiger partial charge on any atom is -0.327 e. The second kappa shape index (κ2) is 7.18. The van der Waals surface area contributed by atoms with Gasteiger partial charge in [-0.3, -0.25) is 4.79 Å². The van der Waals surface area contributed by atoms with Crippen molar-refractivity contribution >= 4 is 22.6 Å². The van der Waals surface area contributed by atoms with Crippen LogP contribution >= 0.6 is 0 Å². The molecular weight excluding hydrogens is 334 g/mol. The van der Waals surface area contributed by atoms with Gasteiger partial charge in [0.05, 0.1) is 11.0 Å². The smallest absolute Gasteiger partial charge is 0.227 e. The highest BCUT2D eigenvalue weighted by molar-refractivity contribution is 5.97. The average molecular weight is 361 g/mol. The number of fused-ring (bicyclic) bond motifs is 1. The van der Waals surface area contributed by atoms with E-state index in [-0.39, 0.29) is 11.8 Å². The van der Waals surface area contributed by atoms with Crippen LogP contribution in [0.15, 0.2) is 48.5 Å². The number of carbonyl (C=O) groups is 1. The van der Waals surface area contributed by atoms with Gasteiger partial charge in [0.1, 0.15) is 5.82 Å². The van der Waals surface area contributed by atoms with E-state index in [1.54, 1.807) is 0 Å². The molecular formula is C23H27N3O. The normalized spacial score (nSPS) is 18.4. The maximum Gasteiger partial charge on any atom is 0.227 e. The van der Waals surface area contributed by atoms with E-state index in [4.69, 9.17) is 4.98 Å². The Bertz CT molecular complexity index is 975. The predicted molar refractivity (Wildman–Crippen MR) is 110 cm³/mol. The van der Waals surface area contributed by atoms with E-state index in [0.717, 1.165) is 35.6 Å². The Hall–Kier alpha value is -2.62. The first-order chi connectivity index (χ1) is 13.1. The summed E-state index contributed by atoms with van der Waals surface area (Å²) in [5.41, 5.74) is 4.36. The third-order valence-corrected chi connectivity index (χ3v) is 5.77. The summed E-state index contributed by atoms with van der Waals surface area (Å²) in [5.74, 6) is 1.96. The molecule has 2 atom stereocenters. The molecule has 0 bridgehead atoms. The molecule has 1 saturated heterocycles. The van der Waals surface area contributed by atoms with Crippen molar-refractivity contribution in [2.45, 2.75) is 46.1 Å². The SMILES string of the molecule is CC[C@H](C)Cn1c([C@@H]2CC(=O)N(c3ccccc3C)C2)nc2ccccc21. The van der Waals surface area contributed by atoms with Gasteiger partial charge in [0, 0.05) is 31.1 Å². The summed E-state index contributed by atoms with van der Waals surface area (Å²) >= 11 is 0. The Morgan fingerprint density at radius 3 is 2.67 bits per heavy atom. The first-order valence-corrected chi connectivity index (χ1v) is 9.89. The van der Waals surface area contributed by atoms with E-state index >= 15 is 0 Å². The number of aryl methyl sites for hydroxylation is 1. The number of anilines is 1.